The fourth-order valence-electron chi connectivity index (χ4n) is 2.06. The van der Waals surface area contributed by atoms with Gasteiger partial charge in [-0.15, -0.1) is 0 Å². The van der Waals surface area contributed by atoms with Crippen LogP contribution >= 0.6 is 0 Å². The van der Waals surface area contributed by atoms with Crippen molar-refractivity contribution in [3.05, 3.63) is 11.1 Å². The van der Waals surface area contributed by atoms with E-state index >= 15 is 0 Å². The number of hydrogen-bond acceptors (Lipinski definition) is 2. The number of allylic oxidation sites excluding steroid dienone is 2. The van der Waals surface area contributed by atoms with Crippen molar-refractivity contribution >= 4 is 11.6 Å². The first kappa shape index (κ1) is 12.2. The van der Waals surface area contributed by atoms with Gasteiger partial charge in [0.1, 0.15) is 5.78 Å². The fraction of sp³-hybridized carbons (Fsp3) is 0.692. The van der Waals surface area contributed by atoms with Gasteiger partial charge in [-0.25, -0.2) is 0 Å². The van der Waals surface area contributed by atoms with Gasteiger partial charge in [0.05, 0.1) is 0 Å². The minimum atomic E-state index is 0.301. The minimum Gasteiger partial charge on any atom is -0.300 e. The standard InChI is InChI=1S/C13H20O2/c1-3-5-11(14)6-4-7-12-10(2)8-9-13(12)15/h3-9H2,1-2H3. The van der Waals surface area contributed by atoms with E-state index in [0.29, 0.717) is 30.8 Å². The molecule has 0 aliphatic heterocycles. The van der Waals surface area contributed by atoms with Gasteiger partial charge < -0.3 is 0 Å². The van der Waals surface area contributed by atoms with Crippen molar-refractivity contribution in [2.24, 2.45) is 0 Å². The topological polar surface area (TPSA) is 34.1 Å². The molecular formula is C13H20O2. The number of hydrogen-bond donors (Lipinski definition) is 0. The van der Waals surface area contributed by atoms with Crippen LogP contribution in [0.1, 0.15) is 58.8 Å². The van der Waals surface area contributed by atoms with Crippen molar-refractivity contribution in [3.63, 3.8) is 0 Å². The molecule has 0 saturated carbocycles. The maximum atomic E-state index is 11.4. The van der Waals surface area contributed by atoms with E-state index in [-0.39, 0.29) is 0 Å². The van der Waals surface area contributed by atoms with Gasteiger partial charge in [0.15, 0.2) is 5.78 Å². The number of carbonyl (C=O) groups excluding carboxylic acids is 2. The molecule has 0 atom stereocenters. The van der Waals surface area contributed by atoms with Crippen LogP contribution in [0, 0.1) is 0 Å². The van der Waals surface area contributed by atoms with Crippen molar-refractivity contribution in [2.45, 2.75) is 58.8 Å². The van der Waals surface area contributed by atoms with Gasteiger partial charge in [0, 0.05) is 19.3 Å². The summed E-state index contributed by atoms with van der Waals surface area (Å²) in [5.74, 6) is 0.636. The van der Waals surface area contributed by atoms with Crippen molar-refractivity contribution < 1.29 is 9.59 Å². The Kier molecular flexibility index (Phi) is 4.73. The van der Waals surface area contributed by atoms with Gasteiger partial charge in [-0.2, -0.15) is 0 Å². The maximum absolute atomic E-state index is 11.4. The number of carbonyl (C=O) groups is 2. The summed E-state index contributed by atoms with van der Waals surface area (Å²) in [7, 11) is 0. The molecule has 0 heterocycles. The Hall–Kier alpha value is -0.920. The van der Waals surface area contributed by atoms with E-state index in [9.17, 15) is 9.59 Å². The second kappa shape index (κ2) is 5.84. The molecule has 2 heteroatoms. The van der Waals surface area contributed by atoms with Crippen LogP contribution in [0.25, 0.3) is 0 Å². The van der Waals surface area contributed by atoms with Crippen LogP contribution in [0.4, 0.5) is 0 Å². The van der Waals surface area contributed by atoms with Gasteiger partial charge in [-0.05, 0) is 38.2 Å². The van der Waals surface area contributed by atoms with Crippen LogP contribution in [-0.4, -0.2) is 11.6 Å². The Bertz CT molecular complexity index is 287. The van der Waals surface area contributed by atoms with Crippen LogP contribution in [-0.2, 0) is 9.59 Å². The third kappa shape index (κ3) is 3.61. The SMILES string of the molecule is CCCC(=O)CCCC1=C(C)CCC1=O. The second-order valence-corrected chi connectivity index (χ2v) is 4.32. The highest BCUT2D eigenvalue weighted by Crippen LogP contribution is 2.26. The van der Waals surface area contributed by atoms with E-state index in [1.54, 1.807) is 0 Å². The van der Waals surface area contributed by atoms with Crippen LogP contribution in [0.3, 0.4) is 0 Å². The van der Waals surface area contributed by atoms with Gasteiger partial charge in [0.2, 0.25) is 0 Å². The van der Waals surface area contributed by atoms with Crippen LogP contribution in [0.2, 0.25) is 0 Å². The lowest BCUT2D eigenvalue weighted by Crippen LogP contribution is -2.00. The third-order valence-electron chi connectivity index (χ3n) is 2.99. The number of Topliss-reactive ketones (excluding diaryl/α,β-unsaturated/α-hetero) is 2. The smallest absolute Gasteiger partial charge is 0.159 e. The molecule has 0 amide bonds. The fourth-order valence-corrected chi connectivity index (χ4v) is 2.06. The summed E-state index contributed by atoms with van der Waals surface area (Å²) in [5, 5.41) is 0. The lowest BCUT2D eigenvalue weighted by molar-refractivity contribution is -0.119. The summed E-state index contributed by atoms with van der Waals surface area (Å²) in [4.78, 5) is 22.7. The summed E-state index contributed by atoms with van der Waals surface area (Å²) in [6.07, 6.45) is 5.52. The van der Waals surface area contributed by atoms with Crippen LogP contribution in [0.5, 0.6) is 0 Å². The average molecular weight is 208 g/mol. The maximum Gasteiger partial charge on any atom is 0.159 e. The molecule has 0 fully saturated rings. The Morgan fingerprint density at radius 1 is 1.27 bits per heavy atom. The van der Waals surface area contributed by atoms with Gasteiger partial charge >= 0.3 is 0 Å². The Morgan fingerprint density at radius 3 is 2.53 bits per heavy atom. The van der Waals surface area contributed by atoms with E-state index in [0.717, 1.165) is 31.3 Å². The molecule has 84 valence electrons. The van der Waals surface area contributed by atoms with Gasteiger partial charge in [0.25, 0.3) is 0 Å². The predicted octanol–water partition coefficient (Wildman–Crippen LogP) is 3.21. The van der Waals surface area contributed by atoms with E-state index in [1.807, 2.05) is 13.8 Å². The summed E-state index contributed by atoms with van der Waals surface area (Å²) < 4.78 is 0. The van der Waals surface area contributed by atoms with Gasteiger partial charge in [-0.3, -0.25) is 9.59 Å². The molecule has 0 bridgehead atoms. The van der Waals surface area contributed by atoms with Gasteiger partial charge in [-0.1, -0.05) is 12.5 Å². The number of ketones is 2. The molecule has 1 aliphatic rings. The molecule has 1 rings (SSSR count). The van der Waals surface area contributed by atoms with Crippen molar-refractivity contribution in [2.75, 3.05) is 0 Å². The third-order valence-corrected chi connectivity index (χ3v) is 2.99. The monoisotopic (exact) mass is 208 g/mol. The molecule has 0 aromatic rings. The van der Waals surface area contributed by atoms with E-state index < -0.39 is 0 Å². The molecule has 0 saturated heterocycles. The van der Waals surface area contributed by atoms with Crippen molar-refractivity contribution in [3.8, 4) is 0 Å². The first-order valence-electron chi connectivity index (χ1n) is 5.88. The summed E-state index contributed by atoms with van der Waals surface area (Å²) >= 11 is 0. The highest BCUT2D eigenvalue weighted by molar-refractivity contribution is 5.98. The Morgan fingerprint density at radius 2 is 2.00 bits per heavy atom. The summed E-state index contributed by atoms with van der Waals surface area (Å²) in [5.41, 5.74) is 2.24. The molecule has 2 nitrogen and oxygen atoms in total. The predicted molar refractivity (Wildman–Crippen MR) is 60.7 cm³/mol. The second-order valence-electron chi connectivity index (χ2n) is 4.32. The molecule has 0 N–H and O–H groups in total. The zero-order valence-electron chi connectivity index (χ0n) is 9.77. The number of rotatable bonds is 6. The van der Waals surface area contributed by atoms with E-state index in [4.69, 9.17) is 0 Å². The zero-order chi connectivity index (χ0) is 11.3. The lowest BCUT2D eigenvalue weighted by Gasteiger charge is -2.02. The molecule has 1 aliphatic carbocycles. The van der Waals surface area contributed by atoms with Crippen molar-refractivity contribution in [1.29, 1.82) is 0 Å². The molecule has 0 radical (unpaired) electrons. The first-order chi connectivity index (χ1) is 7.15. The van der Waals surface area contributed by atoms with E-state index in [2.05, 4.69) is 0 Å². The highest BCUT2D eigenvalue weighted by atomic mass is 16.1. The lowest BCUT2D eigenvalue weighted by atomic mass is 10.0. The molecule has 0 aromatic heterocycles. The average Bonchev–Trinajstić information content (AvgIpc) is 2.49. The highest BCUT2D eigenvalue weighted by Gasteiger charge is 2.19. The molecule has 0 spiro atoms. The molecule has 15 heavy (non-hydrogen) atoms. The quantitative estimate of drug-likeness (QED) is 0.671. The zero-order valence-corrected chi connectivity index (χ0v) is 9.77. The Balaban J connectivity index is 2.29. The van der Waals surface area contributed by atoms with Crippen LogP contribution in [0.15, 0.2) is 11.1 Å². The Labute approximate surface area is 91.7 Å². The minimum absolute atomic E-state index is 0.301. The normalized spacial score (nSPS) is 16.3. The van der Waals surface area contributed by atoms with Crippen molar-refractivity contribution in [1.82, 2.24) is 0 Å². The van der Waals surface area contributed by atoms with E-state index in [1.165, 1.54) is 5.57 Å². The largest absolute Gasteiger partial charge is 0.300 e. The summed E-state index contributed by atoms with van der Waals surface area (Å²) in [6, 6.07) is 0. The molecule has 0 unspecified atom stereocenters. The van der Waals surface area contributed by atoms with Crippen LogP contribution < -0.4 is 0 Å². The molecule has 0 aromatic carbocycles. The summed E-state index contributed by atoms with van der Waals surface area (Å²) in [6.45, 7) is 4.05. The first-order valence-corrected chi connectivity index (χ1v) is 5.88. The molecular weight excluding hydrogens is 188 g/mol.